The van der Waals surface area contributed by atoms with Crippen molar-refractivity contribution in [3.8, 4) is 0 Å². The molecule has 90 valence electrons. The van der Waals surface area contributed by atoms with Gasteiger partial charge in [-0.1, -0.05) is 13.8 Å². The normalized spacial score (nSPS) is 22.9. The Labute approximate surface area is 95.4 Å². The first kappa shape index (κ1) is 13.1. The lowest BCUT2D eigenvalue weighted by Crippen LogP contribution is -2.39. The Hall–Kier alpha value is 0.0700. The summed E-state index contributed by atoms with van der Waals surface area (Å²) in [6, 6.07) is 0.369. The van der Waals surface area contributed by atoms with E-state index in [0.717, 1.165) is 31.8 Å². The molecule has 0 aliphatic carbocycles. The molecule has 0 aromatic carbocycles. The third-order valence-corrected chi connectivity index (χ3v) is 4.96. The molecule has 1 N–H and O–H groups in total. The van der Waals surface area contributed by atoms with E-state index in [1.54, 1.807) is 0 Å². The van der Waals surface area contributed by atoms with Crippen LogP contribution in [-0.4, -0.2) is 41.5 Å². The zero-order valence-electron chi connectivity index (χ0n) is 9.99. The number of rotatable bonds is 5. The fourth-order valence-electron chi connectivity index (χ4n) is 1.86. The van der Waals surface area contributed by atoms with Crippen LogP contribution in [0.15, 0.2) is 0 Å². The summed E-state index contributed by atoms with van der Waals surface area (Å²) in [5.74, 6) is 1.32. The highest BCUT2D eigenvalue weighted by Crippen LogP contribution is 2.15. The maximum absolute atomic E-state index is 12.1. The highest BCUT2D eigenvalue weighted by Gasteiger charge is 2.23. The molecule has 0 amide bonds. The van der Waals surface area contributed by atoms with Crippen LogP contribution in [0.5, 0.6) is 0 Å². The van der Waals surface area contributed by atoms with E-state index in [4.69, 9.17) is 4.74 Å². The van der Waals surface area contributed by atoms with E-state index >= 15 is 0 Å². The first-order valence-electron chi connectivity index (χ1n) is 5.77. The lowest BCUT2D eigenvalue weighted by Gasteiger charge is -2.25. The zero-order chi connectivity index (χ0) is 11.3. The molecule has 1 aliphatic heterocycles. The molecule has 0 radical (unpaired) electrons. The number of ether oxygens (including phenoxy) is 1. The third-order valence-electron chi connectivity index (χ3n) is 3.06. The second kappa shape index (κ2) is 6.61. The maximum atomic E-state index is 12.1. The molecule has 1 rings (SSSR count). The fraction of sp³-hybridized carbons (Fsp3) is 1.00. The van der Waals surface area contributed by atoms with Gasteiger partial charge in [0.05, 0.1) is 0 Å². The van der Waals surface area contributed by atoms with Crippen LogP contribution in [-0.2, 0) is 15.5 Å². The van der Waals surface area contributed by atoms with Crippen molar-refractivity contribution >= 4 is 10.8 Å². The van der Waals surface area contributed by atoms with Gasteiger partial charge in [0.15, 0.2) is 0 Å². The molecule has 0 spiro atoms. The highest BCUT2D eigenvalue weighted by molar-refractivity contribution is 7.85. The first-order chi connectivity index (χ1) is 7.15. The quantitative estimate of drug-likeness (QED) is 0.774. The minimum absolute atomic E-state index is 0.355. The molecule has 2 atom stereocenters. The first-order valence-corrected chi connectivity index (χ1v) is 7.15. The molecule has 4 heteroatoms. The molecule has 0 saturated carbocycles. The van der Waals surface area contributed by atoms with Gasteiger partial charge in [0, 0.05) is 41.1 Å². The van der Waals surface area contributed by atoms with E-state index in [1.165, 1.54) is 0 Å². The van der Waals surface area contributed by atoms with Crippen LogP contribution in [0.4, 0.5) is 0 Å². The van der Waals surface area contributed by atoms with Gasteiger partial charge in [0.1, 0.15) is 0 Å². The van der Waals surface area contributed by atoms with Crippen LogP contribution < -0.4 is 5.32 Å². The van der Waals surface area contributed by atoms with E-state index in [-0.39, 0.29) is 0 Å². The minimum atomic E-state index is -0.699. The monoisotopic (exact) mass is 233 g/mol. The second-order valence-electron chi connectivity index (χ2n) is 4.50. The average Bonchev–Trinajstić information content (AvgIpc) is 2.26. The number of hydrogen-bond donors (Lipinski definition) is 1. The molecule has 15 heavy (non-hydrogen) atoms. The van der Waals surface area contributed by atoms with E-state index in [2.05, 4.69) is 19.2 Å². The van der Waals surface area contributed by atoms with Crippen LogP contribution in [0.3, 0.4) is 0 Å². The van der Waals surface area contributed by atoms with Crippen molar-refractivity contribution in [2.24, 2.45) is 5.92 Å². The fourth-order valence-corrected chi connectivity index (χ4v) is 3.76. The largest absolute Gasteiger partial charge is 0.381 e. The highest BCUT2D eigenvalue weighted by atomic mass is 32.2. The smallest absolute Gasteiger partial charge is 0.0477 e. The van der Waals surface area contributed by atoms with Gasteiger partial charge < -0.3 is 10.1 Å². The van der Waals surface area contributed by atoms with Crippen molar-refractivity contribution in [3.05, 3.63) is 0 Å². The zero-order valence-corrected chi connectivity index (χ0v) is 10.8. The van der Waals surface area contributed by atoms with Crippen molar-refractivity contribution in [1.29, 1.82) is 0 Å². The Kier molecular flexibility index (Phi) is 5.79. The van der Waals surface area contributed by atoms with E-state index in [9.17, 15) is 4.21 Å². The van der Waals surface area contributed by atoms with Crippen molar-refractivity contribution in [2.75, 3.05) is 26.0 Å². The van der Waals surface area contributed by atoms with Gasteiger partial charge >= 0.3 is 0 Å². The van der Waals surface area contributed by atoms with Gasteiger partial charge in [-0.15, -0.1) is 0 Å². The average molecular weight is 233 g/mol. The third kappa shape index (κ3) is 4.21. The predicted molar refractivity (Wildman–Crippen MR) is 64.5 cm³/mol. The van der Waals surface area contributed by atoms with Gasteiger partial charge in [-0.05, 0) is 25.8 Å². The summed E-state index contributed by atoms with van der Waals surface area (Å²) in [7, 11) is 1.25. The molecule has 1 saturated heterocycles. The predicted octanol–water partition coefficient (Wildman–Crippen LogP) is 1.16. The molecule has 1 fully saturated rings. The molecule has 2 unspecified atom stereocenters. The van der Waals surface area contributed by atoms with E-state index in [0.29, 0.717) is 17.2 Å². The molecule has 1 aliphatic rings. The van der Waals surface area contributed by atoms with E-state index < -0.39 is 10.8 Å². The summed E-state index contributed by atoms with van der Waals surface area (Å²) in [4.78, 5) is 0. The second-order valence-corrected chi connectivity index (χ2v) is 6.26. The van der Waals surface area contributed by atoms with Gasteiger partial charge in [-0.2, -0.15) is 0 Å². The van der Waals surface area contributed by atoms with Crippen molar-refractivity contribution in [1.82, 2.24) is 5.32 Å². The summed E-state index contributed by atoms with van der Waals surface area (Å²) < 4.78 is 17.4. The Morgan fingerprint density at radius 1 is 1.40 bits per heavy atom. The summed E-state index contributed by atoms with van der Waals surface area (Å²) in [5, 5.41) is 3.60. The van der Waals surface area contributed by atoms with Crippen LogP contribution in [0.1, 0.15) is 26.7 Å². The van der Waals surface area contributed by atoms with Crippen LogP contribution in [0, 0.1) is 5.92 Å². The van der Waals surface area contributed by atoms with E-state index in [1.807, 2.05) is 7.05 Å². The van der Waals surface area contributed by atoms with Crippen LogP contribution in [0.25, 0.3) is 0 Å². The van der Waals surface area contributed by atoms with Crippen molar-refractivity contribution < 1.29 is 8.95 Å². The van der Waals surface area contributed by atoms with Crippen LogP contribution in [0.2, 0.25) is 0 Å². The molecule has 0 aromatic heterocycles. The minimum Gasteiger partial charge on any atom is -0.381 e. The Morgan fingerprint density at radius 2 is 2.00 bits per heavy atom. The summed E-state index contributed by atoms with van der Waals surface area (Å²) in [6.45, 7) is 5.90. The van der Waals surface area contributed by atoms with Gasteiger partial charge in [-0.3, -0.25) is 4.21 Å². The topological polar surface area (TPSA) is 38.3 Å². The number of hydrogen-bond acceptors (Lipinski definition) is 3. The van der Waals surface area contributed by atoms with Crippen molar-refractivity contribution in [3.63, 3.8) is 0 Å². The summed E-state index contributed by atoms with van der Waals surface area (Å²) >= 11 is 0. The van der Waals surface area contributed by atoms with Gasteiger partial charge in [-0.25, -0.2) is 0 Å². The Bertz CT molecular complexity index is 203. The Morgan fingerprint density at radius 3 is 2.47 bits per heavy atom. The van der Waals surface area contributed by atoms with Gasteiger partial charge in [0.25, 0.3) is 0 Å². The molecule has 3 nitrogen and oxygen atoms in total. The molecule has 0 aromatic rings. The maximum Gasteiger partial charge on any atom is 0.0477 e. The SMILES string of the molecule is CNC(CS(=O)C1CCOCC1)C(C)C. The number of nitrogens with one attached hydrogen (secondary N) is 1. The molecule has 1 heterocycles. The lowest BCUT2D eigenvalue weighted by molar-refractivity contribution is 0.0991. The lowest BCUT2D eigenvalue weighted by atomic mass is 10.1. The standard InChI is InChI=1S/C11H23NO2S/c1-9(2)11(12-3)8-15(13)10-4-6-14-7-5-10/h9-12H,4-8H2,1-3H3. The summed E-state index contributed by atoms with van der Waals surface area (Å²) in [6.07, 6.45) is 1.92. The Balaban J connectivity index is 2.38. The summed E-state index contributed by atoms with van der Waals surface area (Å²) in [5.41, 5.74) is 0. The van der Waals surface area contributed by atoms with Gasteiger partial charge in [0.2, 0.25) is 0 Å². The van der Waals surface area contributed by atoms with Crippen molar-refractivity contribution in [2.45, 2.75) is 38.0 Å². The molecule has 0 bridgehead atoms. The molecular formula is C11H23NO2S. The molecular weight excluding hydrogens is 210 g/mol. The van der Waals surface area contributed by atoms with Crippen LogP contribution >= 0.6 is 0 Å².